The Morgan fingerprint density at radius 3 is 2.75 bits per heavy atom. The Labute approximate surface area is 116 Å². The molecule has 0 aliphatic rings. The summed E-state index contributed by atoms with van der Waals surface area (Å²) in [5.41, 5.74) is 7.48. The minimum atomic E-state index is -0.308. The molecule has 2 rings (SSSR count). The van der Waals surface area contributed by atoms with E-state index in [1.807, 2.05) is 6.92 Å². The molecule has 1 aromatic heterocycles. The van der Waals surface area contributed by atoms with Crippen molar-refractivity contribution in [2.24, 2.45) is 0 Å². The molecular formula is C14H15FN4O. The topological polar surface area (TPSA) is 80.9 Å². The van der Waals surface area contributed by atoms with Crippen molar-refractivity contribution in [3.63, 3.8) is 0 Å². The van der Waals surface area contributed by atoms with Gasteiger partial charge in [-0.1, -0.05) is 6.07 Å². The molecule has 0 unspecified atom stereocenters. The van der Waals surface area contributed by atoms with Crippen LogP contribution in [0, 0.1) is 12.7 Å². The highest BCUT2D eigenvalue weighted by Gasteiger charge is 2.07. The number of nitrogens with two attached hydrogens (primary N) is 1. The van der Waals surface area contributed by atoms with Crippen LogP contribution in [0.15, 0.2) is 30.3 Å². The number of halogens is 1. The zero-order valence-corrected chi connectivity index (χ0v) is 11.1. The summed E-state index contributed by atoms with van der Waals surface area (Å²) in [5.74, 6) is -0.298. The van der Waals surface area contributed by atoms with Gasteiger partial charge in [-0.15, -0.1) is 10.2 Å². The van der Waals surface area contributed by atoms with E-state index in [9.17, 15) is 9.18 Å². The van der Waals surface area contributed by atoms with Gasteiger partial charge in [0.05, 0.1) is 0 Å². The molecule has 0 atom stereocenters. The molecule has 20 heavy (non-hydrogen) atoms. The summed E-state index contributed by atoms with van der Waals surface area (Å²) in [4.78, 5) is 11.8. The molecule has 0 radical (unpaired) electrons. The number of nitrogens with one attached hydrogen (secondary N) is 1. The van der Waals surface area contributed by atoms with Gasteiger partial charge >= 0.3 is 0 Å². The van der Waals surface area contributed by atoms with Crippen molar-refractivity contribution in [2.75, 3.05) is 12.3 Å². The van der Waals surface area contributed by atoms with Gasteiger partial charge in [-0.05, 0) is 48.7 Å². The van der Waals surface area contributed by atoms with Crippen LogP contribution in [0.5, 0.6) is 0 Å². The Morgan fingerprint density at radius 1 is 1.30 bits per heavy atom. The molecule has 2 aromatic rings. The highest BCUT2D eigenvalue weighted by atomic mass is 19.1. The quantitative estimate of drug-likeness (QED) is 0.885. The minimum absolute atomic E-state index is 0.218. The van der Waals surface area contributed by atoms with E-state index in [1.165, 1.54) is 24.3 Å². The lowest BCUT2D eigenvalue weighted by atomic mass is 10.1. The number of aryl methyl sites for hydroxylation is 1. The summed E-state index contributed by atoms with van der Waals surface area (Å²) in [7, 11) is 0. The lowest BCUT2D eigenvalue weighted by Gasteiger charge is -2.07. The van der Waals surface area contributed by atoms with Gasteiger partial charge in [0.2, 0.25) is 0 Å². The average Bonchev–Trinajstić information content (AvgIpc) is 2.42. The number of benzene rings is 1. The molecule has 0 bridgehead atoms. The fourth-order valence-corrected chi connectivity index (χ4v) is 1.80. The second-order valence-corrected chi connectivity index (χ2v) is 4.42. The molecule has 6 heteroatoms. The summed E-state index contributed by atoms with van der Waals surface area (Å²) in [6, 6.07) is 7.64. The zero-order chi connectivity index (χ0) is 14.5. The normalized spacial score (nSPS) is 10.3. The number of hydrogen-bond donors (Lipinski definition) is 2. The highest BCUT2D eigenvalue weighted by Crippen LogP contribution is 2.10. The standard InChI is InChI=1S/C14H15FN4O/c1-9-8-11(15)3-2-10(9)6-7-17-14(20)12-4-5-13(16)19-18-12/h2-5,8H,6-7H2,1H3,(H2,16,19)(H,17,20). The first-order chi connectivity index (χ1) is 9.56. The van der Waals surface area contributed by atoms with Crippen LogP contribution >= 0.6 is 0 Å². The molecular weight excluding hydrogens is 259 g/mol. The van der Waals surface area contributed by atoms with Crippen molar-refractivity contribution < 1.29 is 9.18 Å². The molecule has 104 valence electrons. The van der Waals surface area contributed by atoms with E-state index in [2.05, 4.69) is 15.5 Å². The van der Waals surface area contributed by atoms with Crippen LogP contribution in [-0.4, -0.2) is 22.6 Å². The number of anilines is 1. The number of nitrogen functional groups attached to an aromatic ring is 1. The number of amides is 1. The van der Waals surface area contributed by atoms with Gasteiger partial charge < -0.3 is 11.1 Å². The van der Waals surface area contributed by atoms with E-state index < -0.39 is 0 Å². The summed E-state index contributed by atoms with van der Waals surface area (Å²) in [6.45, 7) is 2.28. The van der Waals surface area contributed by atoms with Gasteiger partial charge in [-0.2, -0.15) is 0 Å². The van der Waals surface area contributed by atoms with Crippen LogP contribution < -0.4 is 11.1 Å². The number of rotatable bonds is 4. The molecule has 0 fully saturated rings. The van der Waals surface area contributed by atoms with Crippen LogP contribution in [0.25, 0.3) is 0 Å². The van der Waals surface area contributed by atoms with Crippen molar-refractivity contribution in [1.29, 1.82) is 0 Å². The smallest absolute Gasteiger partial charge is 0.271 e. The van der Waals surface area contributed by atoms with Gasteiger partial charge in [0.15, 0.2) is 5.69 Å². The molecule has 0 saturated heterocycles. The summed E-state index contributed by atoms with van der Waals surface area (Å²) in [5, 5.41) is 10.0. The molecule has 0 aliphatic carbocycles. The van der Waals surface area contributed by atoms with E-state index in [0.717, 1.165) is 11.1 Å². The van der Waals surface area contributed by atoms with E-state index >= 15 is 0 Å². The Balaban J connectivity index is 1.89. The first-order valence-corrected chi connectivity index (χ1v) is 6.18. The lowest BCUT2D eigenvalue weighted by molar-refractivity contribution is 0.0948. The Morgan fingerprint density at radius 2 is 2.10 bits per heavy atom. The van der Waals surface area contributed by atoms with Crippen molar-refractivity contribution in [3.05, 3.63) is 53.0 Å². The number of hydrogen-bond acceptors (Lipinski definition) is 4. The van der Waals surface area contributed by atoms with E-state index in [4.69, 9.17) is 5.73 Å². The number of carbonyl (C=O) groups excluding carboxylic acids is 1. The van der Waals surface area contributed by atoms with Crippen LogP contribution in [0.1, 0.15) is 21.6 Å². The van der Waals surface area contributed by atoms with Crippen LogP contribution in [0.2, 0.25) is 0 Å². The SMILES string of the molecule is Cc1cc(F)ccc1CCNC(=O)c1ccc(N)nn1. The van der Waals surface area contributed by atoms with Gasteiger partial charge in [0, 0.05) is 6.54 Å². The van der Waals surface area contributed by atoms with E-state index in [0.29, 0.717) is 13.0 Å². The molecule has 1 heterocycles. The number of aromatic nitrogens is 2. The monoisotopic (exact) mass is 274 g/mol. The third-order valence-corrected chi connectivity index (χ3v) is 2.90. The highest BCUT2D eigenvalue weighted by molar-refractivity contribution is 5.92. The van der Waals surface area contributed by atoms with E-state index in [-0.39, 0.29) is 23.2 Å². The maximum Gasteiger partial charge on any atom is 0.271 e. The molecule has 1 amide bonds. The van der Waals surface area contributed by atoms with Gasteiger partial charge in [0.1, 0.15) is 11.6 Å². The Hall–Kier alpha value is -2.50. The maximum atomic E-state index is 13.0. The average molecular weight is 274 g/mol. The van der Waals surface area contributed by atoms with Gasteiger partial charge in [0.25, 0.3) is 5.91 Å². The summed E-state index contributed by atoms with van der Waals surface area (Å²) < 4.78 is 13.0. The fraction of sp³-hybridized carbons (Fsp3) is 0.214. The molecule has 0 aliphatic heterocycles. The van der Waals surface area contributed by atoms with Crippen LogP contribution in [-0.2, 0) is 6.42 Å². The third kappa shape index (κ3) is 3.50. The molecule has 0 spiro atoms. The van der Waals surface area contributed by atoms with Gasteiger partial charge in [-0.3, -0.25) is 4.79 Å². The first-order valence-electron chi connectivity index (χ1n) is 6.18. The number of nitrogens with zero attached hydrogens (tertiary/aromatic N) is 2. The second kappa shape index (κ2) is 6.10. The fourth-order valence-electron chi connectivity index (χ4n) is 1.80. The van der Waals surface area contributed by atoms with Crippen LogP contribution in [0.3, 0.4) is 0 Å². The van der Waals surface area contributed by atoms with Crippen molar-refractivity contribution in [2.45, 2.75) is 13.3 Å². The van der Waals surface area contributed by atoms with Crippen molar-refractivity contribution in [1.82, 2.24) is 15.5 Å². The molecule has 3 N–H and O–H groups in total. The van der Waals surface area contributed by atoms with Crippen LogP contribution in [0.4, 0.5) is 10.2 Å². The molecule has 5 nitrogen and oxygen atoms in total. The first kappa shape index (κ1) is 13.9. The summed E-state index contributed by atoms with van der Waals surface area (Å²) >= 11 is 0. The Kier molecular flexibility index (Phi) is 4.24. The largest absolute Gasteiger partial charge is 0.382 e. The predicted octanol–water partition coefficient (Wildman–Crippen LogP) is 1.48. The zero-order valence-electron chi connectivity index (χ0n) is 11.1. The lowest BCUT2D eigenvalue weighted by Crippen LogP contribution is -2.27. The minimum Gasteiger partial charge on any atom is -0.382 e. The molecule has 1 aromatic carbocycles. The molecule has 0 saturated carbocycles. The third-order valence-electron chi connectivity index (χ3n) is 2.90. The second-order valence-electron chi connectivity index (χ2n) is 4.42. The van der Waals surface area contributed by atoms with Crippen molar-refractivity contribution in [3.8, 4) is 0 Å². The predicted molar refractivity (Wildman–Crippen MR) is 73.6 cm³/mol. The maximum absolute atomic E-state index is 13.0. The van der Waals surface area contributed by atoms with E-state index in [1.54, 1.807) is 6.07 Å². The summed E-state index contributed by atoms with van der Waals surface area (Å²) in [6.07, 6.45) is 0.625. The Bertz CT molecular complexity index is 613. The van der Waals surface area contributed by atoms with Gasteiger partial charge in [-0.25, -0.2) is 4.39 Å². The van der Waals surface area contributed by atoms with Crippen molar-refractivity contribution >= 4 is 11.7 Å². The number of carbonyl (C=O) groups is 1.